The molecule has 0 aliphatic carbocycles. The third kappa shape index (κ3) is 5.46. The Balaban J connectivity index is 2.16. The van der Waals surface area contributed by atoms with Crippen LogP contribution in [0.15, 0.2) is 24.3 Å². The van der Waals surface area contributed by atoms with Gasteiger partial charge in [-0.05, 0) is 29.5 Å². The molecular formula is C20H30N2O4. The standard InChI is InChI=1S/C20H30N2O4/c1-20(2,3)11-18(23)22(13-14-6-8-16(25-4)9-7-14)15-10-17(21-12-15)19(24)26-5/h6-9,15,17,21H,10-13H2,1-5H3/t15-,17+/m1/s1. The fourth-order valence-electron chi connectivity index (χ4n) is 3.18. The fourth-order valence-corrected chi connectivity index (χ4v) is 3.18. The van der Waals surface area contributed by atoms with Gasteiger partial charge in [-0.3, -0.25) is 9.59 Å². The molecule has 1 fully saturated rings. The molecule has 1 aliphatic heterocycles. The summed E-state index contributed by atoms with van der Waals surface area (Å²) < 4.78 is 10.0. The second-order valence-electron chi connectivity index (χ2n) is 7.98. The van der Waals surface area contributed by atoms with Crippen LogP contribution in [-0.2, 0) is 20.9 Å². The van der Waals surface area contributed by atoms with Crippen molar-refractivity contribution in [2.45, 2.75) is 52.2 Å². The van der Waals surface area contributed by atoms with Crippen molar-refractivity contribution in [3.8, 4) is 5.75 Å². The van der Waals surface area contributed by atoms with E-state index in [9.17, 15) is 9.59 Å². The van der Waals surface area contributed by atoms with Crippen LogP contribution in [0.5, 0.6) is 5.75 Å². The van der Waals surface area contributed by atoms with Crippen LogP contribution in [-0.4, -0.2) is 49.6 Å². The van der Waals surface area contributed by atoms with Gasteiger partial charge in [-0.2, -0.15) is 0 Å². The highest BCUT2D eigenvalue weighted by molar-refractivity contribution is 5.79. The smallest absolute Gasteiger partial charge is 0.322 e. The van der Waals surface area contributed by atoms with E-state index in [0.717, 1.165) is 11.3 Å². The number of hydrogen-bond donors (Lipinski definition) is 1. The summed E-state index contributed by atoms with van der Waals surface area (Å²) in [5, 5.41) is 3.17. The highest BCUT2D eigenvalue weighted by Gasteiger charge is 2.36. The lowest BCUT2D eigenvalue weighted by molar-refractivity contribution is -0.143. The summed E-state index contributed by atoms with van der Waals surface area (Å²) in [5.41, 5.74) is 0.942. The number of nitrogens with zero attached hydrogens (tertiary/aromatic N) is 1. The molecule has 1 amide bonds. The van der Waals surface area contributed by atoms with E-state index in [1.807, 2.05) is 29.2 Å². The minimum atomic E-state index is -0.356. The SMILES string of the molecule is COC(=O)[C@@H]1C[C@@H](N(Cc2ccc(OC)cc2)C(=O)CC(C)(C)C)CN1. The number of carbonyl (C=O) groups is 2. The molecule has 0 bridgehead atoms. The van der Waals surface area contributed by atoms with Crippen LogP contribution in [0.25, 0.3) is 0 Å². The van der Waals surface area contributed by atoms with E-state index in [2.05, 4.69) is 26.1 Å². The lowest BCUT2D eigenvalue weighted by atomic mass is 9.91. The van der Waals surface area contributed by atoms with Crippen molar-refractivity contribution in [3.05, 3.63) is 29.8 Å². The number of amides is 1. The van der Waals surface area contributed by atoms with Gasteiger partial charge in [-0.15, -0.1) is 0 Å². The number of benzene rings is 1. The molecule has 0 aromatic heterocycles. The molecule has 0 unspecified atom stereocenters. The van der Waals surface area contributed by atoms with Crippen LogP contribution in [0.3, 0.4) is 0 Å². The van der Waals surface area contributed by atoms with E-state index in [1.54, 1.807) is 7.11 Å². The summed E-state index contributed by atoms with van der Waals surface area (Å²) >= 11 is 0. The lowest BCUT2D eigenvalue weighted by Gasteiger charge is -2.31. The van der Waals surface area contributed by atoms with Crippen molar-refractivity contribution >= 4 is 11.9 Å². The predicted octanol–water partition coefficient (Wildman–Crippen LogP) is 2.36. The van der Waals surface area contributed by atoms with Gasteiger partial charge in [0, 0.05) is 25.6 Å². The molecule has 2 atom stereocenters. The maximum absolute atomic E-state index is 13.0. The molecule has 1 N–H and O–H groups in total. The molecule has 26 heavy (non-hydrogen) atoms. The van der Waals surface area contributed by atoms with E-state index in [4.69, 9.17) is 9.47 Å². The van der Waals surface area contributed by atoms with E-state index in [0.29, 0.717) is 25.9 Å². The van der Waals surface area contributed by atoms with Crippen LogP contribution in [0, 0.1) is 5.41 Å². The van der Waals surface area contributed by atoms with Gasteiger partial charge < -0.3 is 19.7 Å². The van der Waals surface area contributed by atoms with Gasteiger partial charge >= 0.3 is 5.97 Å². The van der Waals surface area contributed by atoms with Crippen LogP contribution >= 0.6 is 0 Å². The summed E-state index contributed by atoms with van der Waals surface area (Å²) in [6.45, 7) is 7.27. The summed E-state index contributed by atoms with van der Waals surface area (Å²) in [6.07, 6.45) is 1.03. The van der Waals surface area contributed by atoms with Gasteiger partial charge in [-0.1, -0.05) is 32.9 Å². The number of nitrogens with one attached hydrogen (secondary N) is 1. The zero-order chi connectivity index (χ0) is 19.3. The van der Waals surface area contributed by atoms with Crippen LogP contribution < -0.4 is 10.1 Å². The largest absolute Gasteiger partial charge is 0.497 e. The first-order valence-electron chi connectivity index (χ1n) is 8.97. The number of ether oxygens (including phenoxy) is 2. The average Bonchev–Trinajstić information content (AvgIpc) is 3.07. The van der Waals surface area contributed by atoms with Gasteiger partial charge in [0.2, 0.25) is 5.91 Å². The molecule has 6 heteroatoms. The molecule has 1 aromatic rings. The van der Waals surface area contributed by atoms with Crippen molar-refractivity contribution in [1.82, 2.24) is 10.2 Å². The highest BCUT2D eigenvalue weighted by Crippen LogP contribution is 2.25. The third-order valence-electron chi connectivity index (χ3n) is 4.55. The van der Waals surface area contributed by atoms with Crippen LogP contribution in [0.1, 0.15) is 39.2 Å². The van der Waals surface area contributed by atoms with Gasteiger partial charge in [0.25, 0.3) is 0 Å². The maximum atomic E-state index is 13.0. The van der Waals surface area contributed by atoms with E-state index in [-0.39, 0.29) is 29.4 Å². The predicted molar refractivity (Wildman–Crippen MR) is 99.8 cm³/mol. The van der Waals surface area contributed by atoms with Gasteiger partial charge in [0.05, 0.1) is 14.2 Å². The molecule has 1 aliphatic rings. The first-order valence-corrected chi connectivity index (χ1v) is 8.97. The van der Waals surface area contributed by atoms with Crippen molar-refractivity contribution in [1.29, 1.82) is 0 Å². The van der Waals surface area contributed by atoms with Crippen molar-refractivity contribution < 1.29 is 19.1 Å². The molecule has 1 aromatic carbocycles. The Kier molecular flexibility index (Phi) is 6.64. The third-order valence-corrected chi connectivity index (χ3v) is 4.55. The number of rotatable bonds is 6. The molecule has 144 valence electrons. The highest BCUT2D eigenvalue weighted by atomic mass is 16.5. The number of carbonyl (C=O) groups excluding carboxylic acids is 2. The maximum Gasteiger partial charge on any atom is 0.322 e. The average molecular weight is 362 g/mol. The zero-order valence-corrected chi connectivity index (χ0v) is 16.4. The minimum Gasteiger partial charge on any atom is -0.497 e. The summed E-state index contributed by atoms with van der Waals surface area (Å²) in [6, 6.07) is 7.34. The molecule has 2 rings (SSSR count). The van der Waals surface area contributed by atoms with E-state index in [1.165, 1.54) is 7.11 Å². The van der Waals surface area contributed by atoms with Crippen molar-refractivity contribution in [2.24, 2.45) is 5.41 Å². The molecule has 6 nitrogen and oxygen atoms in total. The Morgan fingerprint density at radius 3 is 2.38 bits per heavy atom. The lowest BCUT2D eigenvalue weighted by Crippen LogP contribution is -2.42. The molecule has 1 heterocycles. The molecule has 0 spiro atoms. The topological polar surface area (TPSA) is 67.9 Å². The number of esters is 1. The molecule has 1 saturated heterocycles. The Morgan fingerprint density at radius 1 is 1.19 bits per heavy atom. The fraction of sp³-hybridized carbons (Fsp3) is 0.600. The van der Waals surface area contributed by atoms with Crippen molar-refractivity contribution in [2.75, 3.05) is 20.8 Å². The van der Waals surface area contributed by atoms with Crippen LogP contribution in [0.2, 0.25) is 0 Å². The van der Waals surface area contributed by atoms with Gasteiger partial charge in [-0.25, -0.2) is 0 Å². The Morgan fingerprint density at radius 2 is 1.85 bits per heavy atom. The summed E-state index contributed by atoms with van der Waals surface area (Å²) in [4.78, 5) is 26.7. The first kappa shape index (κ1) is 20.2. The van der Waals surface area contributed by atoms with E-state index >= 15 is 0 Å². The second-order valence-corrected chi connectivity index (χ2v) is 7.98. The summed E-state index contributed by atoms with van der Waals surface area (Å²) in [7, 11) is 3.02. The Hall–Kier alpha value is -2.08. The molecule has 0 radical (unpaired) electrons. The van der Waals surface area contributed by atoms with Gasteiger partial charge in [0.1, 0.15) is 11.8 Å². The molecular weight excluding hydrogens is 332 g/mol. The minimum absolute atomic E-state index is 0.0314. The van der Waals surface area contributed by atoms with E-state index < -0.39 is 0 Å². The van der Waals surface area contributed by atoms with Crippen molar-refractivity contribution in [3.63, 3.8) is 0 Å². The van der Waals surface area contributed by atoms with Gasteiger partial charge in [0.15, 0.2) is 0 Å². The Labute approximate surface area is 155 Å². The first-order chi connectivity index (χ1) is 12.2. The van der Waals surface area contributed by atoms with Crippen LogP contribution in [0.4, 0.5) is 0 Å². The number of hydrogen-bond acceptors (Lipinski definition) is 5. The monoisotopic (exact) mass is 362 g/mol. The number of methoxy groups -OCH3 is 2. The second kappa shape index (κ2) is 8.54. The zero-order valence-electron chi connectivity index (χ0n) is 16.4. The quantitative estimate of drug-likeness (QED) is 0.787. The summed E-state index contributed by atoms with van der Waals surface area (Å²) in [5.74, 6) is 0.611. The molecule has 0 saturated carbocycles. The Bertz CT molecular complexity index is 622. The normalized spacial score (nSPS) is 19.9.